The van der Waals surface area contributed by atoms with Crippen LogP contribution in [0.5, 0.6) is 5.75 Å². The van der Waals surface area contributed by atoms with Crippen molar-refractivity contribution in [3.8, 4) is 5.75 Å². The van der Waals surface area contributed by atoms with E-state index in [1.54, 1.807) is 6.07 Å². The van der Waals surface area contributed by atoms with Gasteiger partial charge in [-0.05, 0) is 30.4 Å². The van der Waals surface area contributed by atoms with Crippen molar-refractivity contribution < 1.29 is 24.5 Å². The summed E-state index contributed by atoms with van der Waals surface area (Å²) in [5.41, 5.74) is 0. The molecule has 6 nitrogen and oxygen atoms in total. The molecule has 8 heteroatoms. The van der Waals surface area contributed by atoms with E-state index >= 15 is 0 Å². The summed E-state index contributed by atoms with van der Waals surface area (Å²) < 4.78 is 5.73. The van der Waals surface area contributed by atoms with Crippen LogP contribution in [-0.2, 0) is 9.59 Å². The number of carbonyl (C=O) groups is 2. The SMILES string of the molecule is CC1CC(C)CN(CCOc2cccc(Cl)c2Cl)C1.O=C(O)C(=O)O. The van der Waals surface area contributed by atoms with E-state index in [1.165, 1.54) is 6.42 Å². The third-order valence-electron chi connectivity index (χ3n) is 3.71. The van der Waals surface area contributed by atoms with Gasteiger partial charge in [-0.25, -0.2) is 9.59 Å². The van der Waals surface area contributed by atoms with Crippen LogP contribution in [0.4, 0.5) is 0 Å². The number of piperidine rings is 1. The highest BCUT2D eigenvalue weighted by Gasteiger charge is 2.21. The molecular weight excluding hydrogens is 369 g/mol. The van der Waals surface area contributed by atoms with Gasteiger partial charge in [-0.2, -0.15) is 0 Å². The number of carboxylic acids is 2. The molecule has 0 spiro atoms. The molecule has 1 saturated heterocycles. The summed E-state index contributed by atoms with van der Waals surface area (Å²) >= 11 is 12.0. The molecular formula is C17H23Cl2NO5. The highest BCUT2D eigenvalue weighted by Crippen LogP contribution is 2.31. The van der Waals surface area contributed by atoms with Gasteiger partial charge in [-0.1, -0.05) is 43.1 Å². The number of carboxylic acid groups (broad SMARTS) is 2. The van der Waals surface area contributed by atoms with Crippen molar-refractivity contribution in [2.75, 3.05) is 26.2 Å². The Morgan fingerprint density at radius 2 is 1.72 bits per heavy atom. The normalized spacial score (nSPS) is 20.3. The smallest absolute Gasteiger partial charge is 0.414 e. The Labute approximate surface area is 157 Å². The third-order valence-corrected chi connectivity index (χ3v) is 4.51. The molecule has 1 aliphatic heterocycles. The zero-order chi connectivity index (χ0) is 19.0. The molecule has 2 N–H and O–H groups in total. The maximum atomic E-state index is 9.10. The van der Waals surface area contributed by atoms with E-state index in [-0.39, 0.29) is 0 Å². The van der Waals surface area contributed by atoms with Gasteiger partial charge in [0.05, 0.1) is 5.02 Å². The standard InChI is InChI=1S/C15H21Cl2NO.C2H2O4/c1-11-8-12(2)10-18(9-11)6-7-19-14-5-3-4-13(16)15(14)17;3-1(4)2(5)6/h3-5,11-12H,6-10H2,1-2H3;(H,3,4)(H,5,6). The van der Waals surface area contributed by atoms with Gasteiger partial charge < -0.3 is 14.9 Å². The highest BCUT2D eigenvalue weighted by molar-refractivity contribution is 6.42. The summed E-state index contributed by atoms with van der Waals surface area (Å²) in [7, 11) is 0. The Morgan fingerprint density at radius 1 is 1.16 bits per heavy atom. The number of aliphatic carboxylic acids is 2. The number of ether oxygens (including phenoxy) is 1. The topological polar surface area (TPSA) is 87.1 Å². The van der Waals surface area contributed by atoms with Crippen LogP contribution in [0, 0.1) is 11.8 Å². The summed E-state index contributed by atoms with van der Waals surface area (Å²) in [6.07, 6.45) is 1.33. The number of likely N-dealkylation sites (tertiary alicyclic amines) is 1. The predicted molar refractivity (Wildman–Crippen MR) is 96.6 cm³/mol. The molecule has 0 aromatic heterocycles. The van der Waals surface area contributed by atoms with Gasteiger partial charge in [-0.3, -0.25) is 4.90 Å². The van der Waals surface area contributed by atoms with Crippen LogP contribution in [0.2, 0.25) is 10.0 Å². The molecule has 140 valence electrons. The van der Waals surface area contributed by atoms with Crippen molar-refractivity contribution in [2.45, 2.75) is 20.3 Å². The molecule has 2 atom stereocenters. The first-order valence-electron chi connectivity index (χ1n) is 7.96. The second-order valence-electron chi connectivity index (χ2n) is 6.22. The molecule has 1 fully saturated rings. The Morgan fingerprint density at radius 3 is 2.24 bits per heavy atom. The van der Waals surface area contributed by atoms with Crippen LogP contribution in [0.25, 0.3) is 0 Å². The average molecular weight is 392 g/mol. The fraction of sp³-hybridized carbons (Fsp3) is 0.529. The molecule has 2 unspecified atom stereocenters. The largest absolute Gasteiger partial charge is 0.491 e. The van der Waals surface area contributed by atoms with E-state index in [2.05, 4.69) is 18.7 Å². The minimum absolute atomic E-state index is 0.504. The van der Waals surface area contributed by atoms with Crippen LogP contribution < -0.4 is 4.74 Å². The number of halogens is 2. The molecule has 25 heavy (non-hydrogen) atoms. The minimum atomic E-state index is -1.82. The van der Waals surface area contributed by atoms with E-state index < -0.39 is 11.9 Å². The Hall–Kier alpha value is -1.50. The fourth-order valence-corrected chi connectivity index (χ4v) is 3.20. The Kier molecular flexibility index (Phi) is 9.03. The number of hydrogen-bond donors (Lipinski definition) is 2. The summed E-state index contributed by atoms with van der Waals surface area (Å²) in [4.78, 5) is 20.7. The molecule has 1 aromatic carbocycles. The number of hydrogen-bond acceptors (Lipinski definition) is 4. The maximum absolute atomic E-state index is 9.10. The monoisotopic (exact) mass is 391 g/mol. The summed E-state index contributed by atoms with van der Waals surface area (Å²) in [5, 5.41) is 15.8. The lowest BCUT2D eigenvalue weighted by molar-refractivity contribution is -0.159. The zero-order valence-corrected chi connectivity index (χ0v) is 15.8. The first kappa shape index (κ1) is 21.5. The van der Waals surface area contributed by atoms with Crippen LogP contribution >= 0.6 is 23.2 Å². The average Bonchev–Trinajstić information content (AvgIpc) is 2.51. The quantitative estimate of drug-likeness (QED) is 0.763. The van der Waals surface area contributed by atoms with Gasteiger partial charge in [-0.15, -0.1) is 0 Å². The van der Waals surface area contributed by atoms with E-state index in [0.29, 0.717) is 22.4 Å². The molecule has 0 bridgehead atoms. The van der Waals surface area contributed by atoms with Crippen LogP contribution in [0.15, 0.2) is 18.2 Å². The van der Waals surface area contributed by atoms with Crippen LogP contribution in [0.3, 0.4) is 0 Å². The molecule has 0 radical (unpaired) electrons. The minimum Gasteiger partial charge on any atom is -0.491 e. The number of nitrogens with zero attached hydrogens (tertiary/aromatic N) is 1. The molecule has 1 aromatic rings. The molecule has 0 saturated carbocycles. The van der Waals surface area contributed by atoms with Crippen molar-refractivity contribution in [3.63, 3.8) is 0 Å². The van der Waals surface area contributed by atoms with Crippen LogP contribution in [0.1, 0.15) is 20.3 Å². The Bertz CT molecular complexity index is 574. The van der Waals surface area contributed by atoms with Crippen molar-refractivity contribution in [1.29, 1.82) is 0 Å². The van der Waals surface area contributed by atoms with E-state index in [1.807, 2.05) is 12.1 Å². The zero-order valence-electron chi connectivity index (χ0n) is 14.2. The summed E-state index contributed by atoms with van der Waals surface area (Å²) in [6.45, 7) is 8.56. The van der Waals surface area contributed by atoms with Crippen molar-refractivity contribution in [3.05, 3.63) is 28.2 Å². The molecule has 0 amide bonds. The van der Waals surface area contributed by atoms with Crippen molar-refractivity contribution >= 4 is 35.1 Å². The van der Waals surface area contributed by atoms with Gasteiger partial charge in [0.25, 0.3) is 0 Å². The first-order chi connectivity index (χ1) is 11.7. The second kappa shape index (κ2) is 10.5. The van der Waals surface area contributed by atoms with Gasteiger partial charge in [0.1, 0.15) is 17.4 Å². The highest BCUT2D eigenvalue weighted by atomic mass is 35.5. The lowest BCUT2D eigenvalue weighted by atomic mass is 9.92. The van der Waals surface area contributed by atoms with Gasteiger partial charge in [0.2, 0.25) is 0 Å². The van der Waals surface area contributed by atoms with E-state index in [9.17, 15) is 0 Å². The van der Waals surface area contributed by atoms with E-state index in [0.717, 1.165) is 31.5 Å². The van der Waals surface area contributed by atoms with Crippen molar-refractivity contribution in [1.82, 2.24) is 4.90 Å². The molecule has 1 heterocycles. The molecule has 0 aliphatic carbocycles. The van der Waals surface area contributed by atoms with Gasteiger partial charge in [0, 0.05) is 19.6 Å². The fourth-order valence-electron chi connectivity index (χ4n) is 2.85. The molecule has 1 aliphatic rings. The lowest BCUT2D eigenvalue weighted by Gasteiger charge is -2.34. The lowest BCUT2D eigenvalue weighted by Crippen LogP contribution is -2.40. The third kappa shape index (κ3) is 7.94. The summed E-state index contributed by atoms with van der Waals surface area (Å²) in [6, 6.07) is 5.48. The van der Waals surface area contributed by atoms with E-state index in [4.69, 9.17) is 47.7 Å². The van der Waals surface area contributed by atoms with Crippen molar-refractivity contribution in [2.24, 2.45) is 11.8 Å². The summed E-state index contributed by atoms with van der Waals surface area (Å²) in [5.74, 6) is -1.42. The molecule has 2 rings (SSSR count). The van der Waals surface area contributed by atoms with Crippen LogP contribution in [-0.4, -0.2) is 53.3 Å². The Balaban J connectivity index is 0.000000450. The first-order valence-corrected chi connectivity index (χ1v) is 8.71. The maximum Gasteiger partial charge on any atom is 0.414 e. The van der Waals surface area contributed by atoms with Gasteiger partial charge in [0.15, 0.2) is 0 Å². The number of rotatable bonds is 4. The number of benzene rings is 1. The van der Waals surface area contributed by atoms with Gasteiger partial charge >= 0.3 is 11.9 Å². The predicted octanol–water partition coefficient (Wildman–Crippen LogP) is 3.51. The second-order valence-corrected chi connectivity index (χ2v) is 7.00.